The van der Waals surface area contributed by atoms with E-state index < -0.39 is 71.7 Å². The van der Waals surface area contributed by atoms with Gasteiger partial charge in [-0.2, -0.15) is 0 Å². The highest BCUT2D eigenvalue weighted by molar-refractivity contribution is 6.00. The zero-order valence-corrected chi connectivity index (χ0v) is 43.6. The fourth-order valence-corrected chi connectivity index (χ4v) is 8.10. The molecule has 0 bridgehead atoms. The van der Waals surface area contributed by atoms with Gasteiger partial charge in [0.1, 0.15) is 52.6 Å². The minimum Gasteiger partial charge on any atom is -0.497 e. The van der Waals surface area contributed by atoms with Gasteiger partial charge in [0.25, 0.3) is 17.7 Å². The second-order valence-electron chi connectivity index (χ2n) is 17.5. The summed E-state index contributed by atoms with van der Waals surface area (Å²) in [4.78, 5) is 120. The van der Waals surface area contributed by atoms with E-state index in [-0.39, 0.29) is 92.6 Å². The van der Waals surface area contributed by atoms with Crippen LogP contribution in [0.15, 0.2) is 54.6 Å². The van der Waals surface area contributed by atoms with Gasteiger partial charge in [-0.3, -0.25) is 43.2 Å². The summed E-state index contributed by atoms with van der Waals surface area (Å²) in [6.45, 7) is 3.91. The van der Waals surface area contributed by atoms with Crippen LogP contribution in [-0.2, 0) is 28.8 Å². The molecule has 1 aliphatic rings. The second-order valence-corrected chi connectivity index (χ2v) is 17.5. The van der Waals surface area contributed by atoms with E-state index in [4.69, 9.17) is 28.4 Å². The maximum Gasteiger partial charge on any atom is 0.252 e. The Morgan fingerprint density at radius 3 is 0.787 bits per heavy atom. The molecular formula is C51H69N9O15. The number of nitrogens with one attached hydrogen (secondary N) is 9. The molecule has 0 radical (unpaired) electrons. The molecule has 0 aromatic heterocycles. The van der Waals surface area contributed by atoms with Gasteiger partial charge in [0.2, 0.25) is 35.4 Å². The van der Waals surface area contributed by atoms with Gasteiger partial charge < -0.3 is 76.3 Å². The molecule has 24 nitrogen and oxygen atoms in total. The second kappa shape index (κ2) is 29.4. The molecule has 24 heteroatoms. The normalized spacial score (nSPS) is 15.9. The molecule has 9 N–H and O–H groups in total. The largest absolute Gasteiger partial charge is 0.497 e. The van der Waals surface area contributed by atoms with Crippen LogP contribution in [0.3, 0.4) is 0 Å². The van der Waals surface area contributed by atoms with Gasteiger partial charge in [-0.25, -0.2) is 0 Å². The molecule has 3 unspecified atom stereocenters. The Kier molecular flexibility index (Phi) is 23.2. The smallest absolute Gasteiger partial charge is 0.252 e. The van der Waals surface area contributed by atoms with Gasteiger partial charge in [0.15, 0.2) is 0 Å². The van der Waals surface area contributed by atoms with E-state index in [9.17, 15) is 43.2 Å². The average molecular weight is 1050 g/mol. The highest BCUT2D eigenvalue weighted by atomic mass is 16.5. The van der Waals surface area contributed by atoms with Crippen LogP contribution in [0, 0.1) is 0 Å². The minimum absolute atomic E-state index is 0.000557. The molecule has 3 aromatic carbocycles. The quantitative estimate of drug-likeness (QED) is 0.0507. The minimum atomic E-state index is -1.23. The number of carbonyl (C=O) groups excluding carboxylic acids is 9. The van der Waals surface area contributed by atoms with Crippen molar-refractivity contribution in [3.63, 3.8) is 0 Å². The van der Waals surface area contributed by atoms with Crippen molar-refractivity contribution >= 4 is 53.2 Å². The molecule has 1 saturated carbocycles. The molecule has 1 aliphatic carbocycles. The Morgan fingerprint density at radius 1 is 0.387 bits per heavy atom. The lowest BCUT2D eigenvalue weighted by Gasteiger charge is -2.38. The maximum absolute atomic E-state index is 14.4. The van der Waals surface area contributed by atoms with Gasteiger partial charge in [-0.1, -0.05) is 0 Å². The number of amides is 9. The fourth-order valence-electron chi connectivity index (χ4n) is 8.10. The van der Waals surface area contributed by atoms with Crippen molar-refractivity contribution in [3.8, 4) is 34.5 Å². The lowest BCUT2D eigenvalue weighted by molar-refractivity contribution is -0.126. The zero-order chi connectivity index (χ0) is 55.2. The summed E-state index contributed by atoms with van der Waals surface area (Å²) in [5.74, 6) is -3.16. The van der Waals surface area contributed by atoms with Crippen LogP contribution in [0.4, 0.5) is 0 Å². The number of rotatable bonds is 27. The topological polar surface area (TPSA) is 317 Å². The summed E-state index contributed by atoms with van der Waals surface area (Å²) >= 11 is 0. The highest BCUT2D eigenvalue weighted by Crippen LogP contribution is 2.26. The predicted molar refractivity (Wildman–Crippen MR) is 272 cm³/mol. The van der Waals surface area contributed by atoms with Gasteiger partial charge >= 0.3 is 0 Å². The van der Waals surface area contributed by atoms with Crippen molar-refractivity contribution in [2.45, 2.75) is 95.5 Å². The van der Waals surface area contributed by atoms with E-state index >= 15 is 0 Å². The van der Waals surface area contributed by atoms with E-state index in [1.165, 1.54) is 99.8 Å². The van der Waals surface area contributed by atoms with Crippen LogP contribution in [0.1, 0.15) is 90.4 Å². The van der Waals surface area contributed by atoms with Gasteiger partial charge in [-0.05, 0) is 74.9 Å². The number of benzene rings is 3. The number of ether oxygens (including phenoxy) is 6. The lowest BCUT2D eigenvalue weighted by Crippen LogP contribution is -2.59. The van der Waals surface area contributed by atoms with E-state index in [0.717, 1.165) is 0 Å². The van der Waals surface area contributed by atoms with Crippen LogP contribution in [0.25, 0.3) is 0 Å². The monoisotopic (exact) mass is 1050 g/mol. The first-order valence-electron chi connectivity index (χ1n) is 24.0. The first kappa shape index (κ1) is 59.3. The van der Waals surface area contributed by atoms with Crippen LogP contribution in [0.2, 0.25) is 0 Å². The summed E-state index contributed by atoms with van der Waals surface area (Å²) in [7, 11) is 8.50. The van der Waals surface area contributed by atoms with Crippen LogP contribution >= 0.6 is 0 Å². The maximum atomic E-state index is 14.4. The number of hydrogen-bond acceptors (Lipinski definition) is 15. The van der Waals surface area contributed by atoms with Crippen LogP contribution < -0.4 is 76.3 Å². The van der Waals surface area contributed by atoms with Gasteiger partial charge in [-0.15, -0.1) is 0 Å². The molecule has 0 saturated heterocycles. The molecule has 4 rings (SSSR count). The SMILES string of the molecule is COc1cc(OC)cc(C(=O)NC(CCNC(C)=O)C(=O)NC2CC(NC(=O)[C@H](CCNC(C)=O)NC(=O)c3cc(OC)cc(OC)c3)CC(NC(=O)[C@H](CCNC(C)=O)NC(=O)c3cc(OC)cc(OC)c3)C2)c1. The third kappa shape index (κ3) is 19.2. The van der Waals surface area contributed by atoms with Crippen molar-refractivity contribution < 1.29 is 71.6 Å². The van der Waals surface area contributed by atoms with E-state index in [1.54, 1.807) is 18.2 Å². The summed E-state index contributed by atoms with van der Waals surface area (Å²) in [6, 6.07) is 7.39. The number of methoxy groups -OCH3 is 6. The number of carbonyl (C=O) groups is 9. The Balaban J connectivity index is 1.68. The zero-order valence-electron chi connectivity index (χ0n) is 43.6. The first-order valence-corrected chi connectivity index (χ1v) is 24.0. The number of hydrogen-bond donors (Lipinski definition) is 9. The Labute approximate surface area is 435 Å². The molecule has 75 heavy (non-hydrogen) atoms. The summed E-state index contributed by atoms with van der Waals surface area (Å²) in [5.41, 5.74) is 0.342. The predicted octanol–water partition coefficient (Wildman–Crippen LogP) is 0.651. The molecule has 0 spiro atoms. The average Bonchev–Trinajstić information content (AvgIpc) is 3.38. The Morgan fingerprint density at radius 2 is 0.600 bits per heavy atom. The molecule has 3 aromatic rings. The fraction of sp³-hybridized carbons (Fsp3) is 0.471. The van der Waals surface area contributed by atoms with Crippen molar-refractivity contribution in [2.24, 2.45) is 0 Å². The van der Waals surface area contributed by atoms with Gasteiger partial charge in [0.05, 0.1) is 42.7 Å². The first-order chi connectivity index (χ1) is 35.8. The molecule has 0 aliphatic heterocycles. The van der Waals surface area contributed by atoms with Gasteiger partial charge in [0, 0.05) is 93.4 Å². The Hall–Kier alpha value is -8.31. The van der Waals surface area contributed by atoms with Crippen molar-refractivity contribution in [1.82, 2.24) is 47.9 Å². The molecule has 408 valence electrons. The van der Waals surface area contributed by atoms with E-state index in [1.807, 2.05) is 0 Å². The van der Waals surface area contributed by atoms with Crippen molar-refractivity contribution in [1.29, 1.82) is 0 Å². The third-order valence-electron chi connectivity index (χ3n) is 11.9. The molecular weight excluding hydrogens is 979 g/mol. The van der Waals surface area contributed by atoms with Crippen molar-refractivity contribution in [2.75, 3.05) is 62.3 Å². The third-order valence-corrected chi connectivity index (χ3v) is 11.9. The van der Waals surface area contributed by atoms with E-state index in [2.05, 4.69) is 47.9 Å². The molecule has 9 amide bonds. The Bertz CT molecular complexity index is 2180. The summed E-state index contributed by atoms with van der Waals surface area (Å²) in [6.07, 6.45) is 0.119. The lowest BCUT2D eigenvalue weighted by atomic mass is 9.86. The summed E-state index contributed by atoms with van der Waals surface area (Å²) in [5, 5.41) is 25.0. The molecule has 1 fully saturated rings. The molecule has 5 atom stereocenters. The summed E-state index contributed by atoms with van der Waals surface area (Å²) < 4.78 is 32.0. The van der Waals surface area contributed by atoms with Crippen molar-refractivity contribution in [3.05, 3.63) is 71.3 Å². The van der Waals surface area contributed by atoms with Crippen LogP contribution in [0.5, 0.6) is 34.5 Å². The van der Waals surface area contributed by atoms with Crippen LogP contribution in [-0.4, -0.2) is 152 Å². The highest BCUT2D eigenvalue weighted by Gasteiger charge is 2.36. The molecule has 0 heterocycles. The van der Waals surface area contributed by atoms with E-state index in [0.29, 0.717) is 34.5 Å². The standard InChI is InChI=1S/C51H69N9O15/c1-28(61)52-13-10-43(58-46(64)31-16-37(70-4)25-38(17-31)71-5)49(67)55-34-22-35(56-50(68)44(11-14-53-29(2)62)59-47(65)32-18-39(72-6)26-40(19-32)73-7)24-36(23-34)57-51(69)45(12-15-54-30(3)63)60-48(66)33-20-41(74-8)27-42(21-33)75-9/h16-21,25-27,34-36,43-45H,10-15,22-24H2,1-9H3,(H,52,61)(H,53,62)(H,54,63)(H,55,67)(H,56,68)(H,57,69)(H,58,64)(H,59,65)(H,60,66)/t34?,35?,36?,43-,44-,45?/m0/s1.